The molecule has 0 saturated heterocycles. The Balaban J connectivity index is 2.28. The monoisotopic (exact) mass is 446 g/mol. The minimum atomic E-state index is 0.168. The fourth-order valence-electron chi connectivity index (χ4n) is 1.90. The van der Waals surface area contributed by atoms with Gasteiger partial charge in [-0.2, -0.15) is 0 Å². The molecule has 1 unspecified atom stereocenters. The minimum Gasteiger partial charge on any atom is -0.311 e. The molecule has 1 N–H and O–H groups in total. The lowest BCUT2D eigenvalue weighted by Crippen LogP contribution is -2.20. The van der Waals surface area contributed by atoms with E-state index in [4.69, 9.17) is 0 Å². The van der Waals surface area contributed by atoms with Crippen LogP contribution in [0.3, 0.4) is 0 Å². The normalized spacial score (nSPS) is 12.4. The third kappa shape index (κ3) is 3.88. The smallest absolute Gasteiger partial charge is 0.0719 e. The van der Waals surface area contributed by atoms with Crippen molar-refractivity contribution in [2.45, 2.75) is 12.5 Å². The van der Waals surface area contributed by atoms with Crippen LogP contribution < -0.4 is 5.32 Å². The molecule has 19 heavy (non-hydrogen) atoms. The summed E-state index contributed by atoms with van der Waals surface area (Å²) in [4.78, 5) is 4.50. The number of hydrogen-bond acceptors (Lipinski definition) is 2. The van der Waals surface area contributed by atoms with Gasteiger partial charge in [0, 0.05) is 19.6 Å². The highest BCUT2D eigenvalue weighted by atomic mass is 79.9. The van der Waals surface area contributed by atoms with E-state index in [-0.39, 0.29) is 6.04 Å². The lowest BCUT2D eigenvalue weighted by molar-refractivity contribution is 0.572. The molecule has 2 nitrogen and oxygen atoms in total. The summed E-state index contributed by atoms with van der Waals surface area (Å²) < 4.78 is 3.11. The molecule has 1 heterocycles. The largest absolute Gasteiger partial charge is 0.311 e. The van der Waals surface area contributed by atoms with Gasteiger partial charge in [0.05, 0.1) is 11.7 Å². The first-order valence-corrected chi connectivity index (χ1v) is 8.21. The fraction of sp³-hybridized carbons (Fsp3) is 0.214. The number of hydrogen-bond donors (Lipinski definition) is 1. The van der Waals surface area contributed by atoms with Gasteiger partial charge in [0.25, 0.3) is 0 Å². The Morgan fingerprint density at radius 1 is 1.16 bits per heavy atom. The summed E-state index contributed by atoms with van der Waals surface area (Å²) in [6.07, 6.45) is 2.70. The van der Waals surface area contributed by atoms with E-state index in [0.29, 0.717) is 0 Å². The van der Waals surface area contributed by atoms with Gasteiger partial charge >= 0.3 is 0 Å². The maximum atomic E-state index is 4.50. The van der Waals surface area contributed by atoms with Crippen molar-refractivity contribution < 1.29 is 0 Å². The van der Waals surface area contributed by atoms with Gasteiger partial charge in [-0.05, 0) is 63.0 Å². The van der Waals surface area contributed by atoms with Crippen LogP contribution in [0.1, 0.15) is 17.3 Å². The Morgan fingerprint density at radius 2 is 1.89 bits per heavy atom. The number of rotatable bonds is 4. The zero-order chi connectivity index (χ0) is 13.8. The van der Waals surface area contributed by atoms with Gasteiger partial charge in [-0.1, -0.05) is 34.1 Å². The van der Waals surface area contributed by atoms with Crippen LogP contribution in [0.25, 0.3) is 0 Å². The Morgan fingerprint density at radius 3 is 2.53 bits per heavy atom. The second-order valence-corrected chi connectivity index (χ2v) is 6.78. The Hall–Kier alpha value is -0.230. The highest BCUT2D eigenvalue weighted by molar-refractivity contribution is 9.11. The number of likely N-dealkylation sites (N-methyl/N-ethyl adjacent to an activating group) is 1. The predicted molar refractivity (Wildman–Crippen MR) is 89.3 cm³/mol. The molecular formula is C14H13Br3N2. The first-order chi connectivity index (χ1) is 9.11. The third-order valence-corrected chi connectivity index (χ3v) is 4.74. The molecule has 0 spiro atoms. The number of pyridine rings is 1. The van der Waals surface area contributed by atoms with Gasteiger partial charge in [0.15, 0.2) is 0 Å². The van der Waals surface area contributed by atoms with E-state index in [2.05, 4.69) is 76.3 Å². The van der Waals surface area contributed by atoms with Gasteiger partial charge < -0.3 is 5.32 Å². The molecule has 1 aromatic carbocycles. The average Bonchev–Trinajstić information content (AvgIpc) is 2.39. The molecule has 2 aromatic rings. The summed E-state index contributed by atoms with van der Waals surface area (Å²) in [6.45, 7) is 0. The molecule has 0 aliphatic heterocycles. The molecule has 100 valence electrons. The molecular weight excluding hydrogens is 436 g/mol. The molecule has 0 saturated carbocycles. The second kappa shape index (κ2) is 6.97. The van der Waals surface area contributed by atoms with Crippen molar-refractivity contribution in [1.29, 1.82) is 0 Å². The zero-order valence-electron chi connectivity index (χ0n) is 10.3. The van der Waals surface area contributed by atoms with E-state index >= 15 is 0 Å². The van der Waals surface area contributed by atoms with Crippen molar-refractivity contribution in [1.82, 2.24) is 10.3 Å². The standard InChI is InChI=1S/C14H13Br3N2/c1-18-13(6-9-4-2-3-5-11(9)16)14-12(17)7-10(15)8-19-14/h2-5,7-8,13,18H,6H2,1H3. The minimum absolute atomic E-state index is 0.168. The van der Waals surface area contributed by atoms with E-state index in [9.17, 15) is 0 Å². The molecule has 0 amide bonds. The molecule has 0 fully saturated rings. The maximum absolute atomic E-state index is 4.50. The molecule has 0 aliphatic carbocycles. The molecule has 2 rings (SSSR count). The maximum Gasteiger partial charge on any atom is 0.0719 e. The van der Waals surface area contributed by atoms with Gasteiger partial charge in [-0.15, -0.1) is 0 Å². The van der Waals surface area contributed by atoms with Crippen LogP contribution in [0.5, 0.6) is 0 Å². The van der Waals surface area contributed by atoms with Gasteiger partial charge in [0.2, 0.25) is 0 Å². The van der Waals surface area contributed by atoms with Crippen molar-refractivity contribution >= 4 is 47.8 Å². The molecule has 1 atom stereocenters. The lowest BCUT2D eigenvalue weighted by Gasteiger charge is -2.18. The number of benzene rings is 1. The first kappa shape index (κ1) is 15.2. The first-order valence-electron chi connectivity index (χ1n) is 5.83. The van der Waals surface area contributed by atoms with E-state index in [1.165, 1.54) is 5.56 Å². The summed E-state index contributed by atoms with van der Waals surface area (Å²) >= 11 is 10.6. The van der Waals surface area contributed by atoms with Crippen LogP contribution in [-0.4, -0.2) is 12.0 Å². The fourth-order valence-corrected chi connectivity index (χ4v) is 3.61. The van der Waals surface area contributed by atoms with Crippen LogP contribution in [-0.2, 0) is 6.42 Å². The van der Waals surface area contributed by atoms with E-state index in [0.717, 1.165) is 25.5 Å². The molecule has 0 aliphatic rings. The van der Waals surface area contributed by atoms with Crippen molar-refractivity contribution in [2.75, 3.05) is 7.05 Å². The summed E-state index contributed by atoms with van der Waals surface area (Å²) in [5.74, 6) is 0. The van der Waals surface area contributed by atoms with E-state index < -0.39 is 0 Å². The Labute approximate surface area is 138 Å². The Kier molecular flexibility index (Phi) is 5.57. The third-order valence-electron chi connectivity index (χ3n) is 2.90. The Bertz CT molecular complexity index is 572. The quantitative estimate of drug-likeness (QED) is 0.721. The number of nitrogens with zero attached hydrogens (tertiary/aromatic N) is 1. The van der Waals surface area contributed by atoms with Crippen LogP contribution in [0.4, 0.5) is 0 Å². The van der Waals surface area contributed by atoms with Crippen molar-refractivity contribution in [3.63, 3.8) is 0 Å². The van der Waals surface area contributed by atoms with Gasteiger partial charge in [0.1, 0.15) is 0 Å². The van der Waals surface area contributed by atoms with Crippen molar-refractivity contribution in [2.24, 2.45) is 0 Å². The van der Waals surface area contributed by atoms with Crippen molar-refractivity contribution in [3.8, 4) is 0 Å². The topological polar surface area (TPSA) is 24.9 Å². The van der Waals surface area contributed by atoms with E-state index in [1.807, 2.05) is 25.4 Å². The van der Waals surface area contributed by atoms with Crippen LogP contribution in [0.2, 0.25) is 0 Å². The summed E-state index contributed by atoms with van der Waals surface area (Å²) in [5, 5.41) is 3.33. The zero-order valence-corrected chi connectivity index (χ0v) is 15.1. The molecule has 5 heteroatoms. The highest BCUT2D eigenvalue weighted by Gasteiger charge is 2.16. The summed E-state index contributed by atoms with van der Waals surface area (Å²) in [7, 11) is 1.96. The second-order valence-electron chi connectivity index (χ2n) is 4.16. The van der Waals surface area contributed by atoms with E-state index in [1.54, 1.807) is 0 Å². The molecule has 0 radical (unpaired) electrons. The molecule has 1 aromatic heterocycles. The summed E-state index contributed by atoms with van der Waals surface area (Å²) in [6, 6.07) is 10.5. The predicted octanol–water partition coefficient (Wildman–Crippen LogP) is 4.87. The van der Waals surface area contributed by atoms with Crippen LogP contribution in [0.15, 0.2) is 49.9 Å². The van der Waals surface area contributed by atoms with Crippen LogP contribution >= 0.6 is 47.8 Å². The molecule has 0 bridgehead atoms. The summed E-state index contributed by atoms with van der Waals surface area (Å²) in [5.41, 5.74) is 2.28. The van der Waals surface area contributed by atoms with Crippen molar-refractivity contribution in [3.05, 3.63) is 61.2 Å². The van der Waals surface area contributed by atoms with Gasteiger partial charge in [-0.3, -0.25) is 4.98 Å². The number of nitrogens with one attached hydrogen (secondary N) is 1. The SMILES string of the molecule is CNC(Cc1ccccc1Br)c1ncc(Br)cc1Br. The number of aromatic nitrogens is 1. The highest BCUT2D eigenvalue weighted by Crippen LogP contribution is 2.28. The number of halogens is 3. The van der Waals surface area contributed by atoms with Crippen LogP contribution in [0, 0.1) is 0 Å². The van der Waals surface area contributed by atoms with Gasteiger partial charge in [-0.25, -0.2) is 0 Å². The lowest BCUT2D eigenvalue weighted by atomic mass is 10.0. The average molecular weight is 449 g/mol.